The Bertz CT molecular complexity index is 911. The molecule has 0 spiro atoms. The molecule has 2 heterocycles. The van der Waals surface area contributed by atoms with Crippen LogP contribution in [0, 0.1) is 13.8 Å². The molecule has 1 aromatic carbocycles. The number of benzene rings is 1. The van der Waals surface area contributed by atoms with Crippen LogP contribution >= 0.6 is 0 Å². The molecule has 3 rings (SSSR count). The van der Waals surface area contributed by atoms with Gasteiger partial charge in [0.05, 0.1) is 11.3 Å². The second-order valence-corrected chi connectivity index (χ2v) is 5.51. The molecule has 3 aromatic rings. The minimum absolute atomic E-state index is 0.287. The van der Waals surface area contributed by atoms with Gasteiger partial charge in [-0.3, -0.25) is 9.20 Å². The molecule has 24 heavy (non-hydrogen) atoms. The summed E-state index contributed by atoms with van der Waals surface area (Å²) in [6, 6.07) is 8.01. The first-order chi connectivity index (χ1) is 11.3. The van der Waals surface area contributed by atoms with Gasteiger partial charge in [-0.1, -0.05) is 6.07 Å². The third kappa shape index (κ3) is 2.97. The summed E-state index contributed by atoms with van der Waals surface area (Å²) in [7, 11) is 0. The van der Waals surface area contributed by atoms with E-state index in [0.29, 0.717) is 17.0 Å². The van der Waals surface area contributed by atoms with Crippen LogP contribution in [-0.2, 0) is 6.18 Å². The number of halogens is 3. The Morgan fingerprint density at radius 3 is 2.38 bits per heavy atom. The molecule has 1 N–H and O–H groups in total. The number of aromatic nitrogens is 2. The molecule has 0 aliphatic rings. The molecule has 4 nitrogen and oxygen atoms in total. The zero-order valence-electron chi connectivity index (χ0n) is 13.0. The van der Waals surface area contributed by atoms with Gasteiger partial charge in [-0.2, -0.15) is 13.2 Å². The second kappa shape index (κ2) is 5.67. The first-order valence-corrected chi connectivity index (χ1v) is 7.19. The van der Waals surface area contributed by atoms with Gasteiger partial charge in [-0.25, -0.2) is 4.98 Å². The largest absolute Gasteiger partial charge is 0.416 e. The van der Waals surface area contributed by atoms with Gasteiger partial charge in [-0.15, -0.1) is 0 Å². The lowest BCUT2D eigenvalue weighted by atomic mass is 10.2. The first-order valence-electron chi connectivity index (χ1n) is 7.19. The van der Waals surface area contributed by atoms with Crippen molar-refractivity contribution < 1.29 is 18.0 Å². The van der Waals surface area contributed by atoms with Crippen LogP contribution in [0.1, 0.15) is 27.3 Å². The number of amides is 1. The van der Waals surface area contributed by atoms with Gasteiger partial charge in [0.1, 0.15) is 11.3 Å². The number of hydrogen-bond donors (Lipinski definition) is 1. The quantitative estimate of drug-likeness (QED) is 0.763. The maximum absolute atomic E-state index is 12.6. The van der Waals surface area contributed by atoms with E-state index in [1.807, 2.05) is 13.0 Å². The molecule has 0 saturated carbocycles. The minimum atomic E-state index is -4.40. The zero-order valence-corrected chi connectivity index (χ0v) is 13.0. The molecule has 0 bridgehead atoms. The van der Waals surface area contributed by atoms with Gasteiger partial charge in [0.25, 0.3) is 5.91 Å². The SMILES string of the molecule is Cc1ccc2nc(C)c(C(=O)Nc3ccc(C(F)(F)F)cc3)n2c1. The molecule has 0 aliphatic carbocycles. The summed E-state index contributed by atoms with van der Waals surface area (Å²) in [6.07, 6.45) is -2.62. The standard InChI is InChI=1S/C17H14F3N3O/c1-10-3-8-14-21-11(2)15(23(14)9-10)16(24)22-13-6-4-12(5-7-13)17(18,19)20/h3-9H,1-2H3,(H,22,24). The normalized spacial score (nSPS) is 11.7. The predicted octanol–water partition coefficient (Wildman–Crippen LogP) is 4.22. The highest BCUT2D eigenvalue weighted by Crippen LogP contribution is 2.30. The summed E-state index contributed by atoms with van der Waals surface area (Å²) >= 11 is 0. The zero-order chi connectivity index (χ0) is 17.5. The Morgan fingerprint density at radius 2 is 1.75 bits per heavy atom. The number of aryl methyl sites for hydroxylation is 2. The monoisotopic (exact) mass is 333 g/mol. The molecule has 2 aromatic heterocycles. The van der Waals surface area contributed by atoms with Gasteiger partial charge in [0, 0.05) is 11.9 Å². The van der Waals surface area contributed by atoms with Crippen molar-refractivity contribution in [3.63, 3.8) is 0 Å². The third-order valence-electron chi connectivity index (χ3n) is 3.63. The number of nitrogens with zero attached hydrogens (tertiary/aromatic N) is 2. The number of hydrogen-bond acceptors (Lipinski definition) is 2. The van der Waals surface area contributed by atoms with Crippen LogP contribution in [0.3, 0.4) is 0 Å². The number of rotatable bonds is 2. The molecule has 0 radical (unpaired) electrons. The van der Waals surface area contributed by atoms with Crippen LogP contribution in [0.5, 0.6) is 0 Å². The van der Waals surface area contributed by atoms with Crippen molar-refractivity contribution >= 4 is 17.2 Å². The van der Waals surface area contributed by atoms with Gasteiger partial charge >= 0.3 is 6.18 Å². The van der Waals surface area contributed by atoms with E-state index in [1.54, 1.807) is 23.6 Å². The van der Waals surface area contributed by atoms with Crippen molar-refractivity contribution in [3.8, 4) is 0 Å². The number of carbonyl (C=O) groups is 1. The van der Waals surface area contributed by atoms with Crippen molar-refractivity contribution in [1.29, 1.82) is 0 Å². The molecule has 1 amide bonds. The summed E-state index contributed by atoms with van der Waals surface area (Å²) in [4.78, 5) is 16.8. The lowest BCUT2D eigenvalue weighted by molar-refractivity contribution is -0.137. The van der Waals surface area contributed by atoms with E-state index in [9.17, 15) is 18.0 Å². The van der Waals surface area contributed by atoms with Gasteiger partial charge in [0.2, 0.25) is 0 Å². The Hall–Kier alpha value is -2.83. The molecule has 0 unspecified atom stereocenters. The van der Waals surface area contributed by atoms with E-state index in [4.69, 9.17) is 0 Å². The number of carbonyl (C=O) groups excluding carboxylic acids is 1. The molecular weight excluding hydrogens is 319 g/mol. The topological polar surface area (TPSA) is 46.4 Å². The summed E-state index contributed by atoms with van der Waals surface area (Å²) in [5.41, 5.74) is 2.02. The fourth-order valence-electron chi connectivity index (χ4n) is 2.47. The van der Waals surface area contributed by atoms with Crippen molar-refractivity contribution in [2.45, 2.75) is 20.0 Å². The summed E-state index contributed by atoms with van der Waals surface area (Å²) in [6.45, 7) is 3.61. The highest BCUT2D eigenvalue weighted by Gasteiger charge is 2.30. The average Bonchev–Trinajstić information content (AvgIpc) is 2.82. The highest BCUT2D eigenvalue weighted by atomic mass is 19.4. The van der Waals surface area contributed by atoms with Crippen LogP contribution in [0.15, 0.2) is 42.6 Å². The van der Waals surface area contributed by atoms with Crippen molar-refractivity contribution in [1.82, 2.24) is 9.38 Å². The van der Waals surface area contributed by atoms with Crippen LogP contribution in [0.4, 0.5) is 18.9 Å². The smallest absolute Gasteiger partial charge is 0.321 e. The summed E-state index contributed by atoms with van der Waals surface area (Å²) in [5, 5.41) is 2.61. The van der Waals surface area contributed by atoms with Crippen LogP contribution in [0.2, 0.25) is 0 Å². The highest BCUT2D eigenvalue weighted by molar-refractivity contribution is 6.04. The maximum atomic E-state index is 12.6. The van der Waals surface area contributed by atoms with Crippen molar-refractivity contribution in [3.05, 3.63) is 65.1 Å². The molecule has 7 heteroatoms. The van der Waals surface area contributed by atoms with Crippen molar-refractivity contribution in [2.24, 2.45) is 0 Å². The Balaban J connectivity index is 1.90. The van der Waals surface area contributed by atoms with Gasteiger partial charge in [-0.05, 0) is 49.7 Å². The Kier molecular flexibility index (Phi) is 3.79. The van der Waals surface area contributed by atoms with Gasteiger partial charge in [0.15, 0.2) is 0 Å². The number of alkyl halides is 3. The third-order valence-corrected chi connectivity index (χ3v) is 3.63. The number of pyridine rings is 1. The van der Waals surface area contributed by atoms with Gasteiger partial charge < -0.3 is 5.32 Å². The van der Waals surface area contributed by atoms with E-state index in [0.717, 1.165) is 17.7 Å². The van der Waals surface area contributed by atoms with Crippen LogP contribution in [0.25, 0.3) is 5.65 Å². The summed E-state index contributed by atoms with van der Waals surface area (Å²) < 4.78 is 39.4. The minimum Gasteiger partial charge on any atom is -0.321 e. The lowest BCUT2D eigenvalue weighted by Crippen LogP contribution is -2.16. The molecule has 0 saturated heterocycles. The fourth-order valence-corrected chi connectivity index (χ4v) is 2.47. The van der Waals surface area contributed by atoms with Crippen LogP contribution in [-0.4, -0.2) is 15.3 Å². The Morgan fingerprint density at radius 1 is 1.08 bits per heavy atom. The van der Waals surface area contributed by atoms with Crippen molar-refractivity contribution in [2.75, 3.05) is 5.32 Å². The van der Waals surface area contributed by atoms with E-state index in [1.165, 1.54) is 12.1 Å². The van der Waals surface area contributed by atoms with E-state index < -0.39 is 17.6 Å². The van der Waals surface area contributed by atoms with Crippen LogP contribution < -0.4 is 5.32 Å². The number of nitrogens with one attached hydrogen (secondary N) is 1. The molecule has 124 valence electrons. The number of imidazole rings is 1. The fraction of sp³-hybridized carbons (Fsp3) is 0.176. The molecule has 0 aliphatic heterocycles. The summed E-state index contributed by atoms with van der Waals surface area (Å²) in [5.74, 6) is -0.426. The molecule has 0 fully saturated rings. The van der Waals surface area contributed by atoms with E-state index in [2.05, 4.69) is 10.3 Å². The second-order valence-electron chi connectivity index (χ2n) is 5.51. The first kappa shape index (κ1) is 16.0. The van der Waals surface area contributed by atoms with E-state index in [-0.39, 0.29) is 5.69 Å². The predicted molar refractivity (Wildman–Crippen MR) is 84.1 cm³/mol. The average molecular weight is 333 g/mol. The number of anilines is 1. The number of fused-ring (bicyclic) bond motifs is 1. The lowest BCUT2D eigenvalue weighted by Gasteiger charge is -2.09. The maximum Gasteiger partial charge on any atom is 0.416 e. The Labute approximate surface area is 135 Å². The van der Waals surface area contributed by atoms with E-state index >= 15 is 0 Å². The molecule has 0 atom stereocenters. The molecular formula is C17H14F3N3O.